The van der Waals surface area contributed by atoms with E-state index in [0.717, 1.165) is 12.3 Å². The number of hydrogen-bond acceptors (Lipinski definition) is 0. The highest BCUT2D eigenvalue weighted by molar-refractivity contribution is 6.18. The molecule has 1 unspecified atom stereocenters. The van der Waals surface area contributed by atoms with E-state index in [0.29, 0.717) is 5.92 Å². The number of unbranched alkanes of at least 4 members (excludes halogenated alkanes) is 4. The Morgan fingerprint density at radius 2 is 1.92 bits per heavy atom. The van der Waals surface area contributed by atoms with Gasteiger partial charge in [0, 0.05) is 5.88 Å². The van der Waals surface area contributed by atoms with Gasteiger partial charge in [-0.15, -0.1) is 18.2 Å². The molecule has 0 N–H and O–H groups in total. The smallest absolute Gasteiger partial charge is 0.0254 e. The first-order valence-corrected chi connectivity index (χ1v) is 6.05. The van der Waals surface area contributed by atoms with E-state index in [1.807, 2.05) is 6.08 Å². The van der Waals surface area contributed by atoms with Gasteiger partial charge in [-0.2, -0.15) is 0 Å². The van der Waals surface area contributed by atoms with Gasteiger partial charge in [-0.1, -0.05) is 45.1 Å². The number of rotatable bonds is 9. The third kappa shape index (κ3) is 8.36. The molecular formula is C12H23Cl. The fraction of sp³-hybridized carbons (Fsp3) is 0.833. The van der Waals surface area contributed by atoms with Gasteiger partial charge in [0.1, 0.15) is 0 Å². The Bertz CT molecular complexity index is 110. The number of allylic oxidation sites excluding steroid dienone is 1. The van der Waals surface area contributed by atoms with Crippen LogP contribution < -0.4 is 0 Å². The molecule has 13 heavy (non-hydrogen) atoms. The highest BCUT2D eigenvalue weighted by Crippen LogP contribution is 2.16. The fourth-order valence-corrected chi connectivity index (χ4v) is 1.81. The van der Waals surface area contributed by atoms with Crippen molar-refractivity contribution in [2.75, 3.05) is 5.88 Å². The zero-order valence-corrected chi connectivity index (χ0v) is 9.65. The molecule has 0 rings (SSSR count). The third-order valence-electron chi connectivity index (χ3n) is 2.43. The number of hydrogen-bond donors (Lipinski definition) is 0. The normalized spacial score (nSPS) is 12.8. The topological polar surface area (TPSA) is 0 Å². The van der Waals surface area contributed by atoms with E-state index in [1.54, 1.807) is 0 Å². The minimum atomic E-state index is 0.667. The van der Waals surface area contributed by atoms with Crippen molar-refractivity contribution in [1.82, 2.24) is 0 Å². The Hall–Kier alpha value is 0.0300. The van der Waals surface area contributed by atoms with Gasteiger partial charge in [0.25, 0.3) is 0 Å². The van der Waals surface area contributed by atoms with Crippen molar-refractivity contribution in [1.29, 1.82) is 0 Å². The molecule has 0 bridgehead atoms. The maximum atomic E-state index is 5.84. The first-order valence-electron chi connectivity index (χ1n) is 5.52. The molecule has 1 atom stereocenters. The van der Waals surface area contributed by atoms with Gasteiger partial charge in [-0.3, -0.25) is 0 Å². The number of alkyl halides is 1. The summed E-state index contributed by atoms with van der Waals surface area (Å²) in [5.74, 6) is 1.46. The molecule has 0 aromatic heterocycles. The molecule has 0 fully saturated rings. The van der Waals surface area contributed by atoms with Gasteiger partial charge in [0.15, 0.2) is 0 Å². The maximum absolute atomic E-state index is 5.84. The van der Waals surface area contributed by atoms with Crippen LogP contribution in [0.2, 0.25) is 0 Å². The molecule has 0 aliphatic rings. The predicted octanol–water partition coefficient (Wildman–Crippen LogP) is 4.78. The summed E-state index contributed by atoms with van der Waals surface area (Å²) < 4.78 is 0. The molecule has 0 aliphatic heterocycles. The monoisotopic (exact) mass is 202 g/mol. The molecule has 0 nitrogen and oxygen atoms in total. The molecule has 1 heteroatoms. The van der Waals surface area contributed by atoms with Gasteiger partial charge in [-0.25, -0.2) is 0 Å². The average Bonchev–Trinajstić information content (AvgIpc) is 2.16. The molecule has 0 heterocycles. The van der Waals surface area contributed by atoms with Crippen molar-refractivity contribution in [2.45, 2.75) is 51.9 Å². The molecule has 78 valence electrons. The maximum Gasteiger partial charge on any atom is 0.0254 e. The largest absolute Gasteiger partial charge is 0.126 e. The van der Waals surface area contributed by atoms with Crippen LogP contribution in [0.4, 0.5) is 0 Å². The molecule has 0 radical (unpaired) electrons. The Labute approximate surface area is 88.4 Å². The first kappa shape index (κ1) is 13.0. The molecular weight excluding hydrogens is 180 g/mol. The SMILES string of the molecule is C=CCC(CCl)CCCCCCC. The summed E-state index contributed by atoms with van der Waals surface area (Å²) in [5, 5.41) is 0. The van der Waals surface area contributed by atoms with Crippen LogP contribution in [-0.4, -0.2) is 5.88 Å². The summed E-state index contributed by atoms with van der Waals surface area (Å²) >= 11 is 5.84. The second-order valence-corrected chi connectivity index (χ2v) is 4.06. The quantitative estimate of drug-likeness (QED) is 0.287. The van der Waals surface area contributed by atoms with Gasteiger partial charge < -0.3 is 0 Å². The van der Waals surface area contributed by atoms with Crippen molar-refractivity contribution in [3.8, 4) is 0 Å². The number of halogens is 1. The van der Waals surface area contributed by atoms with Crippen molar-refractivity contribution in [2.24, 2.45) is 5.92 Å². The van der Waals surface area contributed by atoms with E-state index in [-0.39, 0.29) is 0 Å². The van der Waals surface area contributed by atoms with Gasteiger partial charge >= 0.3 is 0 Å². The van der Waals surface area contributed by atoms with Crippen LogP contribution in [0.5, 0.6) is 0 Å². The lowest BCUT2D eigenvalue weighted by molar-refractivity contribution is 0.494. The van der Waals surface area contributed by atoms with Crippen molar-refractivity contribution in [3.63, 3.8) is 0 Å². The zero-order valence-electron chi connectivity index (χ0n) is 8.90. The second kappa shape index (κ2) is 10.1. The summed E-state index contributed by atoms with van der Waals surface area (Å²) in [6.07, 6.45) is 11.2. The highest BCUT2D eigenvalue weighted by Gasteiger charge is 2.03. The minimum absolute atomic E-state index is 0.667. The average molecular weight is 203 g/mol. The van der Waals surface area contributed by atoms with Crippen molar-refractivity contribution < 1.29 is 0 Å². The van der Waals surface area contributed by atoms with E-state index in [1.165, 1.54) is 38.5 Å². The predicted molar refractivity (Wildman–Crippen MR) is 62.4 cm³/mol. The van der Waals surface area contributed by atoms with Crippen LogP contribution >= 0.6 is 11.6 Å². The van der Waals surface area contributed by atoms with Crippen LogP contribution in [0.1, 0.15) is 51.9 Å². The Morgan fingerprint density at radius 3 is 2.46 bits per heavy atom. The lowest BCUT2D eigenvalue weighted by Gasteiger charge is -2.10. The molecule has 0 aliphatic carbocycles. The third-order valence-corrected chi connectivity index (χ3v) is 2.87. The van der Waals surface area contributed by atoms with Crippen molar-refractivity contribution >= 4 is 11.6 Å². The fourth-order valence-electron chi connectivity index (χ4n) is 1.53. The van der Waals surface area contributed by atoms with E-state index >= 15 is 0 Å². The van der Waals surface area contributed by atoms with Crippen LogP contribution in [-0.2, 0) is 0 Å². The Morgan fingerprint density at radius 1 is 1.23 bits per heavy atom. The Kier molecular flexibility index (Phi) is 10.1. The lowest BCUT2D eigenvalue weighted by atomic mass is 9.99. The first-order chi connectivity index (χ1) is 6.35. The zero-order chi connectivity index (χ0) is 9.94. The minimum Gasteiger partial charge on any atom is -0.126 e. The van der Waals surface area contributed by atoms with Crippen LogP contribution in [0.3, 0.4) is 0 Å². The summed E-state index contributed by atoms with van der Waals surface area (Å²) in [6, 6.07) is 0. The summed E-state index contributed by atoms with van der Waals surface area (Å²) in [4.78, 5) is 0. The van der Waals surface area contributed by atoms with E-state index in [4.69, 9.17) is 11.6 Å². The molecule has 0 amide bonds. The lowest BCUT2D eigenvalue weighted by Crippen LogP contribution is -2.00. The Balaban J connectivity index is 3.22. The molecule has 0 aromatic carbocycles. The standard InChI is InChI=1S/C12H23Cl/c1-3-5-6-7-8-10-12(11-13)9-4-2/h4,12H,2-3,5-11H2,1H3. The van der Waals surface area contributed by atoms with E-state index in [9.17, 15) is 0 Å². The summed E-state index contributed by atoms with van der Waals surface area (Å²) in [6.45, 7) is 6.00. The van der Waals surface area contributed by atoms with Gasteiger partial charge in [0.05, 0.1) is 0 Å². The molecule has 0 saturated heterocycles. The molecule has 0 spiro atoms. The van der Waals surface area contributed by atoms with Crippen LogP contribution in [0.15, 0.2) is 12.7 Å². The van der Waals surface area contributed by atoms with Crippen molar-refractivity contribution in [3.05, 3.63) is 12.7 Å². The van der Waals surface area contributed by atoms with Gasteiger partial charge in [0.2, 0.25) is 0 Å². The molecule has 0 saturated carbocycles. The summed E-state index contributed by atoms with van der Waals surface area (Å²) in [7, 11) is 0. The molecule has 0 aromatic rings. The van der Waals surface area contributed by atoms with Crippen LogP contribution in [0.25, 0.3) is 0 Å². The van der Waals surface area contributed by atoms with E-state index in [2.05, 4.69) is 13.5 Å². The van der Waals surface area contributed by atoms with Crippen LogP contribution in [0, 0.1) is 5.92 Å². The second-order valence-electron chi connectivity index (χ2n) is 3.75. The summed E-state index contributed by atoms with van der Waals surface area (Å²) in [5.41, 5.74) is 0. The highest BCUT2D eigenvalue weighted by atomic mass is 35.5. The van der Waals surface area contributed by atoms with Gasteiger partial charge in [-0.05, 0) is 18.8 Å². The van der Waals surface area contributed by atoms with E-state index < -0.39 is 0 Å².